The fourth-order valence-electron chi connectivity index (χ4n) is 3.30. The molecule has 4 aromatic rings. The number of rotatable bonds is 6. The van der Waals surface area contributed by atoms with Crippen LogP contribution in [0.5, 0.6) is 0 Å². The second-order valence-corrected chi connectivity index (χ2v) is 7.90. The Kier molecular flexibility index (Phi) is 8.45. The fraction of sp³-hybridized carbons (Fsp3) is 0.154. The number of hydrogen-bond acceptors (Lipinski definition) is 3. The number of nitrogens with two attached hydrogens (primary N) is 2. The lowest BCUT2D eigenvalue weighted by Crippen LogP contribution is -2.27. The van der Waals surface area contributed by atoms with Crippen molar-refractivity contribution in [1.29, 1.82) is 0 Å². The van der Waals surface area contributed by atoms with Crippen molar-refractivity contribution in [3.8, 4) is 11.1 Å². The molecule has 160 valence electrons. The highest BCUT2D eigenvalue weighted by atomic mass is 35.5. The van der Waals surface area contributed by atoms with E-state index in [1.165, 1.54) is 16.5 Å². The molecule has 0 aliphatic carbocycles. The van der Waals surface area contributed by atoms with Crippen molar-refractivity contribution in [2.45, 2.75) is 0 Å². The maximum absolute atomic E-state index is 5.82. The van der Waals surface area contributed by atoms with Gasteiger partial charge in [-0.25, -0.2) is 0 Å². The van der Waals surface area contributed by atoms with E-state index in [1.807, 2.05) is 48.5 Å². The van der Waals surface area contributed by atoms with Gasteiger partial charge in [0.25, 0.3) is 0 Å². The first-order valence-electron chi connectivity index (χ1n) is 10.2. The van der Waals surface area contributed by atoms with Crippen LogP contribution in [-0.2, 0) is 0 Å². The molecule has 0 aliphatic heterocycles. The molecule has 0 unspecified atom stereocenters. The summed E-state index contributed by atoms with van der Waals surface area (Å²) < 4.78 is 0. The van der Waals surface area contributed by atoms with Gasteiger partial charge in [0.1, 0.15) is 0 Å². The largest absolute Gasteiger partial charge is 0.399 e. The van der Waals surface area contributed by atoms with Crippen LogP contribution < -0.4 is 16.4 Å². The number of anilines is 3. The summed E-state index contributed by atoms with van der Waals surface area (Å²) in [5, 5.41) is 2.51. The molecule has 0 atom stereocenters. The van der Waals surface area contributed by atoms with Gasteiger partial charge in [0, 0.05) is 41.9 Å². The molecule has 0 aliphatic rings. The van der Waals surface area contributed by atoms with Gasteiger partial charge >= 0.3 is 0 Å². The van der Waals surface area contributed by atoms with Crippen LogP contribution in [0.25, 0.3) is 21.9 Å². The minimum absolute atomic E-state index is 0.615. The van der Waals surface area contributed by atoms with Gasteiger partial charge in [0.05, 0.1) is 0 Å². The number of fused-ring (bicyclic) bond motifs is 1. The van der Waals surface area contributed by atoms with Gasteiger partial charge in [-0.3, -0.25) is 0 Å². The predicted molar refractivity (Wildman–Crippen MR) is 138 cm³/mol. The van der Waals surface area contributed by atoms with Crippen molar-refractivity contribution < 1.29 is 0 Å². The molecule has 0 saturated carbocycles. The summed E-state index contributed by atoms with van der Waals surface area (Å²) in [6.45, 7) is 1.65. The predicted octanol–water partition coefficient (Wildman–Crippen LogP) is 6.64. The van der Waals surface area contributed by atoms with Gasteiger partial charge in [0.15, 0.2) is 0 Å². The van der Waals surface area contributed by atoms with Gasteiger partial charge in [0.2, 0.25) is 0 Å². The van der Waals surface area contributed by atoms with Crippen LogP contribution in [0.15, 0.2) is 91.0 Å². The molecule has 0 aromatic heterocycles. The monoisotopic (exact) mass is 451 g/mol. The highest BCUT2D eigenvalue weighted by Crippen LogP contribution is 2.22. The smallest absolute Gasteiger partial charge is 0.0399 e. The Bertz CT molecular complexity index is 1030. The third-order valence-electron chi connectivity index (χ3n) is 4.96. The Morgan fingerprint density at radius 3 is 1.55 bits per heavy atom. The standard InChI is InChI=1S/C14H15Cl2N.C12H12N2/c15-7-9-17(10-8-16)14-6-5-12-3-1-2-4-13(12)11-14;13-11-5-1-9(2-6-11)10-3-7-12(14)8-4-10/h1-6,11H,7-10H2;1-8H,13-14H2. The molecule has 0 amide bonds. The molecule has 4 aromatic carbocycles. The maximum Gasteiger partial charge on any atom is 0.0399 e. The van der Waals surface area contributed by atoms with Crippen LogP contribution in [0.2, 0.25) is 0 Å². The van der Waals surface area contributed by atoms with Crippen molar-refractivity contribution in [2.24, 2.45) is 0 Å². The zero-order valence-electron chi connectivity index (χ0n) is 17.3. The van der Waals surface area contributed by atoms with Crippen LogP contribution in [0.4, 0.5) is 17.1 Å². The summed E-state index contributed by atoms with van der Waals surface area (Å²) in [5.74, 6) is 1.23. The van der Waals surface area contributed by atoms with Crippen molar-refractivity contribution in [1.82, 2.24) is 0 Å². The Balaban J connectivity index is 0.000000179. The highest BCUT2D eigenvalue weighted by Gasteiger charge is 2.05. The Morgan fingerprint density at radius 1 is 0.581 bits per heavy atom. The van der Waals surface area contributed by atoms with Gasteiger partial charge < -0.3 is 16.4 Å². The first-order chi connectivity index (χ1) is 15.1. The van der Waals surface area contributed by atoms with E-state index < -0.39 is 0 Å². The molecule has 0 heterocycles. The molecule has 4 rings (SSSR count). The number of hydrogen-bond donors (Lipinski definition) is 2. The lowest BCUT2D eigenvalue weighted by atomic mass is 10.1. The second kappa shape index (κ2) is 11.5. The first kappa shape index (κ1) is 22.8. The molecule has 0 radical (unpaired) electrons. The number of nitrogen functional groups attached to an aromatic ring is 2. The van der Waals surface area contributed by atoms with E-state index in [4.69, 9.17) is 34.7 Å². The summed E-state index contributed by atoms with van der Waals surface area (Å²) in [4.78, 5) is 2.21. The molecule has 5 heteroatoms. The fourth-order valence-corrected chi connectivity index (χ4v) is 3.71. The van der Waals surface area contributed by atoms with Crippen LogP contribution in [0.1, 0.15) is 0 Å². The SMILES string of the molecule is ClCCN(CCCl)c1ccc2ccccc2c1.Nc1ccc(-c2ccc(N)cc2)cc1. The molecule has 0 fully saturated rings. The molecule has 3 nitrogen and oxygen atoms in total. The van der Waals surface area contributed by atoms with E-state index in [-0.39, 0.29) is 0 Å². The first-order valence-corrected chi connectivity index (χ1v) is 11.2. The Morgan fingerprint density at radius 2 is 1.06 bits per heavy atom. The van der Waals surface area contributed by atoms with Gasteiger partial charge in [-0.15, -0.1) is 23.2 Å². The van der Waals surface area contributed by atoms with Crippen LogP contribution >= 0.6 is 23.2 Å². The van der Waals surface area contributed by atoms with Crippen LogP contribution in [0, 0.1) is 0 Å². The Hall–Kier alpha value is -2.88. The molecule has 0 bridgehead atoms. The summed E-state index contributed by atoms with van der Waals surface area (Å²) in [6.07, 6.45) is 0. The number of benzene rings is 4. The van der Waals surface area contributed by atoms with E-state index in [2.05, 4.69) is 47.4 Å². The van der Waals surface area contributed by atoms with Crippen molar-refractivity contribution in [2.75, 3.05) is 41.2 Å². The quantitative estimate of drug-likeness (QED) is 0.255. The minimum atomic E-state index is 0.615. The molecule has 31 heavy (non-hydrogen) atoms. The zero-order valence-corrected chi connectivity index (χ0v) is 18.9. The van der Waals surface area contributed by atoms with Crippen LogP contribution in [0.3, 0.4) is 0 Å². The highest BCUT2D eigenvalue weighted by molar-refractivity contribution is 6.18. The van der Waals surface area contributed by atoms with Gasteiger partial charge in [-0.05, 0) is 58.3 Å². The van der Waals surface area contributed by atoms with E-state index in [9.17, 15) is 0 Å². The second-order valence-electron chi connectivity index (χ2n) is 7.14. The van der Waals surface area contributed by atoms with Gasteiger partial charge in [-0.2, -0.15) is 0 Å². The number of nitrogens with zero attached hydrogens (tertiary/aromatic N) is 1. The molecule has 0 spiro atoms. The maximum atomic E-state index is 5.82. The molecule has 0 saturated heterocycles. The third-order valence-corrected chi connectivity index (χ3v) is 5.30. The lowest BCUT2D eigenvalue weighted by Gasteiger charge is -2.23. The summed E-state index contributed by atoms with van der Waals surface area (Å²) in [6, 6.07) is 30.4. The number of halogens is 2. The van der Waals surface area contributed by atoms with E-state index in [0.717, 1.165) is 35.6 Å². The molecule has 4 N–H and O–H groups in total. The van der Waals surface area contributed by atoms with Crippen molar-refractivity contribution >= 4 is 51.0 Å². The van der Waals surface area contributed by atoms with E-state index in [1.54, 1.807) is 0 Å². The molecular formula is C26H27Cl2N3. The minimum Gasteiger partial charge on any atom is -0.399 e. The molecular weight excluding hydrogens is 425 g/mol. The summed E-state index contributed by atoms with van der Waals surface area (Å²) in [5.41, 5.74) is 16.3. The van der Waals surface area contributed by atoms with Crippen molar-refractivity contribution in [3.05, 3.63) is 91.0 Å². The Labute approximate surface area is 194 Å². The lowest BCUT2D eigenvalue weighted by molar-refractivity contribution is 0.875. The average Bonchev–Trinajstić information content (AvgIpc) is 2.80. The normalized spacial score (nSPS) is 10.4. The number of alkyl halides is 2. The van der Waals surface area contributed by atoms with E-state index >= 15 is 0 Å². The van der Waals surface area contributed by atoms with Gasteiger partial charge in [-0.1, -0.05) is 54.6 Å². The third kappa shape index (κ3) is 6.55. The zero-order chi connectivity index (χ0) is 22.1. The summed E-state index contributed by atoms with van der Waals surface area (Å²) in [7, 11) is 0. The summed E-state index contributed by atoms with van der Waals surface area (Å²) >= 11 is 11.6. The van der Waals surface area contributed by atoms with E-state index in [0.29, 0.717) is 11.8 Å². The van der Waals surface area contributed by atoms with Crippen LogP contribution in [-0.4, -0.2) is 24.8 Å². The topological polar surface area (TPSA) is 55.3 Å². The average molecular weight is 452 g/mol. The van der Waals surface area contributed by atoms with Crippen molar-refractivity contribution in [3.63, 3.8) is 0 Å².